The molecule has 1 heterocycles. The van der Waals surface area contributed by atoms with E-state index in [1.807, 2.05) is 0 Å². The van der Waals surface area contributed by atoms with Crippen molar-refractivity contribution in [1.82, 2.24) is 10.2 Å². The first-order chi connectivity index (χ1) is 7.70. The van der Waals surface area contributed by atoms with Crippen molar-refractivity contribution < 1.29 is 4.39 Å². The van der Waals surface area contributed by atoms with Crippen LogP contribution in [0.25, 0.3) is 0 Å². The highest BCUT2D eigenvalue weighted by Gasteiger charge is 2.39. The van der Waals surface area contributed by atoms with Gasteiger partial charge in [0, 0.05) is 6.04 Å². The van der Waals surface area contributed by atoms with Crippen LogP contribution in [-0.4, -0.2) is 43.8 Å². The van der Waals surface area contributed by atoms with E-state index in [1.54, 1.807) is 0 Å². The Balaban J connectivity index is 1.79. The Hall–Kier alpha value is -0.150. The average molecular weight is 228 g/mol. The van der Waals surface area contributed by atoms with Crippen LogP contribution in [0, 0.1) is 11.8 Å². The standard InChI is InChI=1S/C13H25FN2/c1-3-16(2)7-6-10-9-15-13-8-11(14)4-5-12(10)13/h10-13,15H,3-9H2,1-2H3. The molecule has 1 aliphatic carbocycles. The van der Waals surface area contributed by atoms with Crippen molar-refractivity contribution in [3.05, 3.63) is 0 Å². The smallest absolute Gasteiger partial charge is 0.102 e. The molecular weight excluding hydrogens is 203 g/mol. The lowest BCUT2D eigenvalue weighted by atomic mass is 9.78. The molecule has 0 aromatic rings. The van der Waals surface area contributed by atoms with E-state index in [2.05, 4.69) is 24.2 Å². The second kappa shape index (κ2) is 5.46. The van der Waals surface area contributed by atoms with Gasteiger partial charge >= 0.3 is 0 Å². The van der Waals surface area contributed by atoms with Crippen LogP contribution in [-0.2, 0) is 0 Å². The van der Waals surface area contributed by atoms with Crippen molar-refractivity contribution in [1.29, 1.82) is 0 Å². The Morgan fingerprint density at radius 3 is 2.94 bits per heavy atom. The number of halogens is 1. The summed E-state index contributed by atoms with van der Waals surface area (Å²) in [5.41, 5.74) is 0. The molecule has 2 aliphatic rings. The van der Waals surface area contributed by atoms with Gasteiger partial charge in [-0.2, -0.15) is 0 Å². The third-order valence-corrected chi connectivity index (χ3v) is 4.51. The monoisotopic (exact) mass is 228 g/mol. The molecule has 0 radical (unpaired) electrons. The number of nitrogens with one attached hydrogen (secondary N) is 1. The lowest BCUT2D eigenvalue weighted by Crippen LogP contribution is -2.35. The number of rotatable bonds is 4. The molecule has 0 amide bonds. The zero-order valence-corrected chi connectivity index (χ0v) is 10.6. The lowest BCUT2D eigenvalue weighted by Gasteiger charge is -2.31. The molecular formula is C13H25FN2. The fourth-order valence-corrected chi connectivity index (χ4v) is 3.26. The quantitative estimate of drug-likeness (QED) is 0.792. The maximum atomic E-state index is 13.3. The first-order valence-electron chi connectivity index (χ1n) is 6.76. The van der Waals surface area contributed by atoms with E-state index in [0.29, 0.717) is 6.04 Å². The molecule has 1 aliphatic heterocycles. The number of hydrogen-bond donors (Lipinski definition) is 1. The van der Waals surface area contributed by atoms with Crippen LogP contribution in [0.4, 0.5) is 4.39 Å². The molecule has 16 heavy (non-hydrogen) atoms. The highest BCUT2D eigenvalue weighted by atomic mass is 19.1. The highest BCUT2D eigenvalue weighted by molar-refractivity contribution is 4.95. The summed E-state index contributed by atoms with van der Waals surface area (Å²) in [5.74, 6) is 1.53. The molecule has 1 saturated carbocycles. The van der Waals surface area contributed by atoms with Gasteiger partial charge in [-0.25, -0.2) is 4.39 Å². The van der Waals surface area contributed by atoms with Crippen molar-refractivity contribution >= 4 is 0 Å². The van der Waals surface area contributed by atoms with Crippen LogP contribution in [0.5, 0.6) is 0 Å². The summed E-state index contributed by atoms with van der Waals surface area (Å²) < 4.78 is 13.3. The van der Waals surface area contributed by atoms with Crippen molar-refractivity contribution in [2.24, 2.45) is 11.8 Å². The molecule has 1 saturated heterocycles. The zero-order chi connectivity index (χ0) is 11.5. The Morgan fingerprint density at radius 2 is 2.19 bits per heavy atom. The fourth-order valence-electron chi connectivity index (χ4n) is 3.26. The number of fused-ring (bicyclic) bond motifs is 1. The van der Waals surface area contributed by atoms with Crippen LogP contribution in [0.2, 0.25) is 0 Å². The maximum absolute atomic E-state index is 13.3. The minimum atomic E-state index is -0.550. The third-order valence-electron chi connectivity index (χ3n) is 4.51. The van der Waals surface area contributed by atoms with E-state index in [9.17, 15) is 4.39 Å². The van der Waals surface area contributed by atoms with Crippen LogP contribution in [0.15, 0.2) is 0 Å². The fraction of sp³-hybridized carbons (Fsp3) is 1.00. The summed E-state index contributed by atoms with van der Waals surface area (Å²) in [6.07, 6.45) is 3.37. The van der Waals surface area contributed by atoms with Crippen LogP contribution in [0.1, 0.15) is 32.6 Å². The molecule has 3 heteroatoms. The van der Waals surface area contributed by atoms with Crippen molar-refractivity contribution in [3.63, 3.8) is 0 Å². The molecule has 1 N–H and O–H groups in total. The van der Waals surface area contributed by atoms with Crippen molar-refractivity contribution in [2.75, 3.05) is 26.7 Å². The highest BCUT2D eigenvalue weighted by Crippen LogP contribution is 2.37. The minimum absolute atomic E-state index is 0.473. The molecule has 0 bridgehead atoms. The largest absolute Gasteiger partial charge is 0.313 e. The van der Waals surface area contributed by atoms with Gasteiger partial charge in [-0.15, -0.1) is 0 Å². The van der Waals surface area contributed by atoms with E-state index in [0.717, 1.165) is 44.2 Å². The van der Waals surface area contributed by atoms with Gasteiger partial charge < -0.3 is 10.2 Å². The molecule has 94 valence electrons. The molecule has 0 aromatic carbocycles. The van der Waals surface area contributed by atoms with E-state index in [-0.39, 0.29) is 0 Å². The number of nitrogens with zero attached hydrogens (tertiary/aromatic N) is 1. The first-order valence-corrected chi connectivity index (χ1v) is 6.76. The van der Waals surface area contributed by atoms with E-state index < -0.39 is 6.17 Å². The van der Waals surface area contributed by atoms with Gasteiger partial charge in [0.1, 0.15) is 6.17 Å². The normalized spacial score (nSPS) is 39.0. The van der Waals surface area contributed by atoms with Gasteiger partial charge in [0.2, 0.25) is 0 Å². The SMILES string of the molecule is CCN(C)CCC1CNC2CC(F)CCC12. The van der Waals surface area contributed by atoms with Crippen LogP contribution < -0.4 is 5.32 Å². The zero-order valence-electron chi connectivity index (χ0n) is 10.6. The third kappa shape index (κ3) is 2.75. The summed E-state index contributed by atoms with van der Waals surface area (Å²) in [7, 11) is 2.18. The van der Waals surface area contributed by atoms with E-state index in [1.165, 1.54) is 13.0 Å². The molecule has 0 spiro atoms. The van der Waals surface area contributed by atoms with Gasteiger partial charge in [0.05, 0.1) is 0 Å². The Kier molecular flexibility index (Phi) is 4.20. The summed E-state index contributed by atoms with van der Waals surface area (Å²) in [5, 5.41) is 3.52. The number of alkyl halides is 1. The molecule has 2 rings (SSSR count). The number of hydrogen-bond acceptors (Lipinski definition) is 2. The van der Waals surface area contributed by atoms with Crippen LogP contribution >= 0.6 is 0 Å². The Labute approximate surface area is 98.6 Å². The second-order valence-corrected chi connectivity index (χ2v) is 5.53. The Morgan fingerprint density at radius 1 is 1.38 bits per heavy atom. The predicted molar refractivity (Wildman–Crippen MR) is 65.3 cm³/mol. The van der Waals surface area contributed by atoms with E-state index in [4.69, 9.17) is 0 Å². The molecule has 0 aromatic heterocycles. The van der Waals surface area contributed by atoms with Gasteiger partial charge in [0.15, 0.2) is 0 Å². The second-order valence-electron chi connectivity index (χ2n) is 5.53. The van der Waals surface area contributed by atoms with Gasteiger partial charge in [-0.3, -0.25) is 0 Å². The maximum Gasteiger partial charge on any atom is 0.102 e. The molecule has 4 unspecified atom stereocenters. The van der Waals surface area contributed by atoms with Crippen molar-refractivity contribution in [2.45, 2.75) is 44.8 Å². The molecule has 2 nitrogen and oxygen atoms in total. The van der Waals surface area contributed by atoms with Gasteiger partial charge in [-0.05, 0) is 64.2 Å². The average Bonchev–Trinajstić information content (AvgIpc) is 2.68. The van der Waals surface area contributed by atoms with Gasteiger partial charge in [0.25, 0.3) is 0 Å². The summed E-state index contributed by atoms with van der Waals surface area (Å²) in [6, 6.07) is 0.473. The molecule has 2 fully saturated rings. The lowest BCUT2D eigenvalue weighted by molar-refractivity contribution is 0.163. The molecule has 4 atom stereocenters. The first kappa shape index (κ1) is 12.3. The van der Waals surface area contributed by atoms with Crippen molar-refractivity contribution in [3.8, 4) is 0 Å². The Bertz CT molecular complexity index is 222. The van der Waals surface area contributed by atoms with E-state index >= 15 is 0 Å². The van der Waals surface area contributed by atoms with Gasteiger partial charge in [-0.1, -0.05) is 6.92 Å². The topological polar surface area (TPSA) is 15.3 Å². The summed E-state index contributed by atoms with van der Waals surface area (Å²) in [4.78, 5) is 2.37. The summed E-state index contributed by atoms with van der Waals surface area (Å²) >= 11 is 0. The predicted octanol–water partition coefficient (Wildman–Crippen LogP) is 2.05. The minimum Gasteiger partial charge on any atom is -0.313 e. The summed E-state index contributed by atoms with van der Waals surface area (Å²) in [6.45, 7) is 5.62. The van der Waals surface area contributed by atoms with Crippen LogP contribution in [0.3, 0.4) is 0 Å².